The third kappa shape index (κ3) is 4.43. The Kier molecular flexibility index (Phi) is 5.52. The summed E-state index contributed by atoms with van der Waals surface area (Å²) in [6, 6.07) is 7.97. The molecular formula is C16H25NO2. The predicted molar refractivity (Wildman–Crippen MR) is 77.7 cm³/mol. The normalized spacial score (nSPS) is 17.4. The number of nitrogens with two attached hydrogens (primary N) is 1. The molecular weight excluding hydrogens is 238 g/mol. The number of benzene rings is 1. The highest BCUT2D eigenvalue weighted by molar-refractivity contribution is 5.31. The molecule has 1 fully saturated rings. The van der Waals surface area contributed by atoms with Gasteiger partial charge in [-0.05, 0) is 49.4 Å². The molecule has 106 valence electrons. The summed E-state index contributed by atoms with van der Waals surface area (Å²) in [6.45, 7) is 3.47. The van der Waals surface area contributed by atoms with Crippen molar-refractivity contribution in [3.63, 3.8) is 0 Å². The van der Waals surface area contributed by atoms with E-state index in [2.05, 4.69) is 6.92 Å². The fourth-order valence-electron chi connectivity index (χ4n) is 2.57. The minimum absolute atomic E-state index is 0.165. The van der Waals surface area contributed by atoms with Crippen LogP contribution in [0.4, 0.5) is 0 Å². The Morgan fingerprint density at radius 1 is 1.11 bits per heavy atom. The molecule has 0 bridgehead atoms. The van der Waals surface area contributed by atoms with Crippen LogP contribution in [-0.2, 0) is 0 Å². The summed E-state index contributed by atoms with van der Waals surface area (Å²) in [6.07, 6.45) is 6.18. The molecule has 19 heavy (non-hydrogen) atoms. The fourth-order valence-corrected chi connectivity index (χ4v) is 2.57. The maximum atomic E-state index is 6.17. The Bertz CT molecular complexity index is 358. The molecule has 0 aliphatic heterocycles. The van der Waals surface area contributed by atoms with Crippen LogP contribution in [0, 0.1) is 5.92 Å². The molecule has 0 saturated heterocycles. The van der Waals surface area contributed by atoms with Crippen LogP contribution in [-0.4, -0.2) is 19.3 Å². The van der Waals surface area contributed by atoms with Crippen LogP contribution in [0.2, 0.25) is 0 Å². The van der Waals surface area contributed by atoms with Crippen molar-refractivity contribution in [1.29, 1.82) is 0 Å². The van der Waals surface area contributed by atoms with E-state index in [0.717, 1.165) is 24.5 Å². The molecule has 1 aliphatic carbocycles. The van der Waals surface area contributed by atoms with Gasteiger partial charge in [0.1, 0.15) is 18.1 Å². The minimum Gasteiger partial charge on any atom is -0.494 e. The van der Waals surface area contributed by atoms with Gasteiger partial charge in [-0.3, -0.25) is 0 Å². The van der Waals surface area contributed by atoms with Crippen LogP contribution in [0.3, 0.4) is 0 Å². The zero-order chi connectivity index (χ0) is 13.5. The summed E-state index contributed by atoms with van der Waals surface area (Å²) in [5.41, 5.74) is 6.17. The van der Waals surface area contributed by atoms with Crippen molar-refractivity contribution in [3.8, 4) is 11.5 Å². The summed E-state index contributed by atoms with van der Waals surface area (Å²) < 4.78 is 11.3. The second kappa shape index (κ2) is 7.39. The number of ether oxygens (including phenoxy) is 2. The summed E-state index contributed by atoms with van der Waals surface area (Å²) in [7, 11) is 0. The average molecular weight is 263 g/mol. The third-order valence-corrected chi connectivity index (χ3v) is 3.74. The molecule has 0 radical (unpaired) electrons. The fraction of sp³-hybridized carbons (Fsp3) is 0.625. The molecule has 0 amide bonds. The SMILES string of the molecule is CCCOc1ccc(OCC(N)C2CCCC2)cc1. The lowest BCUT2D eigenvalue weighted by Crippen LogP contribution is -2.34. The lowest BCUT2D eigenvalue weighted by molar-refractivity contribution is 0.246. The van der Waals surface area contributed by atoms with Gasteiger partial charge in [0.25, 0.3) is 0 Å². The topological polar surface area (TPSA) is 44.5 Å². The van der Waals surface area contributed by atoms with E-state index in [1.165, 1.54) is 25.7 Å². The van der Waals surface area contributed by atoms with E-state index in [-0.39, 0.29) is 6.04 Å². The number of rotatable bonds is 7. The van der Waals surface area contributed by atoms with Crippen LogP contribution in [0.5, 0.6) is 11.5 Å². The zero-order valence-electron chi connectivity index (χ0n) is 11.8. The molecule has 1 aromatic rings. The summed E-state index contributed by atoms with van der Waals surface area (Å²) in [4.78, 5) is 0. The molecule has 1 atom stereocenters. The summed E-state index contributed by atoms with van der Waals surface area (Å²) in [5, 5.41) is 0. The van der Waals surface area contributed by atoms with Crippen molar-refractivity contribution in [2.75, 3.05) is 13.2 Å². The summed E-state index contributed by atoms with van der Waals surface area (Å²) in [5.74, 6) is 2.42. The van der Waals surface area contributed by atoms with Crippen LogP contribution in [0.1, 0.15) is 39.0 Å². The highest BCUT2D eigenvalue weighted by atomic mass is 16.5. The van der Waals surface area contributed by atoms with Crippen molar-refractivity contribution < 1.29 is 9.47 Å². The second-order valence-corrected chi connectivity index (χ2v) is 5.34. The first-order chi connectivity index (χ1) is 9.29. The van der Waals surface area contributed by atoms with E-state index < -0.39 is 0 Å². The van der Waals surface area contributed by atoms with Gasteiger partial charge in [-0.15, -0.1) is 0 Å². The van der Waals surface area contributed by atoms with Gasteiger partial charge in [-0.2, -0.15) is 0 Å². The molecule has 1 unspecified atom stereocenters. The molecule has 0 aromatic heterocycles. The van der Waals surface area contributed by atoms with Gasteiger partial charge in [0, 0.05) is 6.04 Å². The van der Waals surface area contributed by atoms with E-state index in [0.29, 0.717) is 12.5 Å². The first-order valence-electron chi connectivity index (χ1n) is 7.41. The average Bonchev–Trinajstić information content (AvgIpc) is 2.98. The first-order valence-corrected chi connectivity index (χ1v) is 7.41. The van der Waals surface area contributed by atoms with Crippen LogP contribution >= 0.6 is 0 Å². The van der Waals surface area contributed by atoms with Crippen LogP contribution < -0.4 is 15.2 Å². The summed E-state index contributed by atoms with van der Waals surface area (Å²) >= 11 is 0. The van der Waals surface area contributed by atoms with E-state index in [1.807, 2.05) is 24.3 Å². The molecule has 3 nitrogen and oxygen atoms in total. The van der Waals surface area contributed by atoms with Gasteiger partial charge >= 0.3 is 0 Å². The lowest BCUT2D eigenvalue weighted by Gasteiger charge is -2.19. The second-order valence-electron chi connectivity index (χ2n) is 5.34. The van der Waals surface area contributed by atoms with Gasteiger partial charge in [0.05, 0.1) is 6.61 Å². The van der Waals surface area contributed by atoms with Crippen LogP contribution in [0.25, 0.3) is 0 Å². The molecule has 1 aliphatic rings. The Hall–Kier alpha value is -1.22. The largest absolute Gasteiger partial charge is 0.494 e. The Morgan fingerprint density at radius 2 is 1.68 bits per heavy atom. The van der Waals surface area contributed by atoms with Gasteiger partial charge in [-0.25, -0.2) is 0 Å². The van der Waals surface area contributed by atoms with Crippen LogP contribution in [0.15, 0.2) is 24.3 Å². The molecule has 1 aromatic carbocycles. The van der Waals surface area contributed by atoms with Gasteiger partial charge in [0.2, 0.25) is 0 Å². The van der Waals surface area contributed by atoms with E-state index in [4.69, 9.17) is 15.2 Å². The molecule has 2 N–H and O–H groups in total. The van der Waals surface area contributed by atoms with Crippen molar-refractivity contribution >= 4 is 0 Å². The van der Waals surface area contributed by atoms with Crippen molar-refractivity contribution in [3.05, 3.63) is 24.3 Å². The maximum absolute atomic E-state index is 6.17. The van der Waals surface area contributed by atoms with Gasteiger partial charge in [-0.1, -0.05) is 19.8 Å². The smallest absolute Gasteiger partial charge is 0.119 e. The minimum atomic E-state index is 0.165. The van der Waals surface area contributed by atoms with Crippen molar-refractivity contribution in [2.45, 2.75) is 45.1 Å². The van der Waals surface area contributed by atoms with E-state index in [1.54, 1.807) is 0 Å². The Labute approximate surface area is 116 Å². The highest BCUT2D eigenvalue weighted by Crippen LogP contribution is 2.27. The maximum Gasteiger partial charge on any atom is 0.119 e. The Balaban J connectivity index is 1.75. The molecule has 1 saturated carbocycles. The molecule has 0 heterocycles. The lowest BCUT2D eigenvalue weighted by atomic mass is 10.00. The highest BCUT2D eigenvalue weighted by Gasteiger charge is 2.22. The number of hydrogen-bond donors (Lipinski definition) is 1. The van der Waals surface area contributed by atoms with E-state index in [9.17, 15) is 0 Å². The van der Waals surface area contributed by atoms with E-state index >= 15 is 0 Å². The first kappa shape index (κ1) is 14.2. The third-order valence-electron chi connectivity index (χ3n) is 3.74. The number of hydrogen-bond acceptors (Lipinski definition) is 3. The van der Waals surface area contributed by atoms with Gasteiger partial charge in [0.15, 0.2) is 0 Å². The van der Waals surface area contributed by atoms with Crippen molar-refractivity contribution in [2.24, 2.45) is 11.7 Å². The Morgan fingerprint density at radius 3 is 2.26 bits per heavy atom. The zero-order valence-corrected chi connectivity index (χ0v) is 11.8. The molecule has 2 rings (SSSR count). The van der Waals surface area contributed by atoms with Crippen molar-refractivity contribution in [1.82, 2.24) is 0 Å². The quantitative estimate of drug-likeness (QED) is 0.820. The standard InChI is InChI=1S/C16H25NO2/c1-2-11-18-14-7-9-15(10-8-14)19-12-16(17)13-5-3-4-6-13/h7-10,13,16H,2-6,11-12,17H2,1H3. The monoisotopic (exact) mass is 263 g/mol. The molecule has 3 heteroatoms. The molecule has 0 spiro atoms. The predicted octanol–water partition coefficient (Wildman–Crippen LogP) is 3.37. The van der Waals surface area contributed by atoms with Gasteiger partial charge < -0.3 is 15.2 Å².